The highest BCUT2D eigenvalue weighted by atomic mass is 32.2. The average molecular weight is 509 g/mol. The summed E-state index contributed by atoms with van der Waals surface area (Å²) in [6, 6.07) is 19.1. The van der Waals surface area contributed by atoms with Crippen LogP contribution >= 0.6 is 11.8 Å². The second-order valence-corrected chi connectivity index (χ2v) is 8.80. The van der Waals surface area contributed by atoms with Crippen molar-refractivity contribution in [3.05, 3.63) is 83.4 Å². The number of methoxy groups -OCH3 is 2. The van der Waals surface area contributed by atoms with Gasteiger partial charge in [0, 0.05) is 46.5 Å². The summed E-state index contributed by atoms with van der Waals surface area (Å²) in [6.45, 7) is 0.301. The van der Waals surface area contributed by atoms with Crippen molar-refractivity contribution in [1.29, 1.82) is 0 Å². The molecule has 0 aliphatic rings. The summed E-state index contributed by atoms with van der Waals surface area (Å²) in [5.41, 5.74) is 2.94. The summed E-state index contributed by atoms with van der Waals surface area (Å²) in [5, 5.41) is 15.2. The number of carbonyl (C=O) groups is 3. The molecule has 36 heavy (non-hydrogen) atoms. The van der Waals surface area contributed by atoms with Gasteiger partial charge in [-0.2, -0.15) is 0 Å². The molecular formula is C27H28N2O6S. The minimum Gasteiger partial charge on any atom is -0.497 e. The zero-order chi connectivity index (χ0) is 25.9. The molecule has 3 aromatic rings. The lowest BCUT2D eigenvalue weighted by atomic mass is 10.1. The highest BCUT2D eigenvalue weighted by Crippen LogP contribution is 2.31. The van der Waals surface area contributed by atoms with Gasteiger partial charge in [-0.15, -0.1) is 11.8 Å². The van der Waals surface area contributed by atoms with E-state index in [2.05, 4.69) is 10.6 Å². The van der Waals surface area contributed by atoms with E-state index in [1.807, 2.05) is 42.5 Å². The first-order chi connectivity index (χ1) is 17.4. The van der Waals surface area contributed by atoms with Crippen LogP contribution in [0.5, 0.6) is 11.5 Å². The molecule has 0 aliphatic carbocycles. The average Bonchev–Trinajstić information content (AvgIpc) is 2.90. The standard InChI is InChI=1S/C27H28N2O6S/c1-34-21-11-10-20(24(15-21)35-2)16-28-26(31)19-7-5-6-18(14-19)17-36-25-9-4-3-8-22(25)29-23(12-13-30)27(32)33/h3-11,13-15,23,29H,12,16-17H2,1-2H3,(H,28,31)(H,32,33). The third-order valence-corrected chi connectivity index (χ3v) is 6.51. The molecule has 0 spiro atoms. The first kappa shape index (κ1) is 26.6. The molecule has 1 atom stereocenters. The molecule has 1 amide bonds. The van der Waals surface area contributed by atoms with Crippen LogP contribution in [0, 0.1) is 0 Å². The number of aldehydes is 1. The molecule has 0 aromatic heterocycles. The van der Waals surface area contributed by atoms with E-state index in [9.17, 15) is 19.5 Å². The molecule has 188 valence electrons. The van der Waals surface area contributed by atoms with Gasteiger partial charge in [0.15, 0.2) is 0 Å². The lowest BCUT2D eigenvalue weighted by molar-refractivity contribution is -0.138. The van der Waals surface area contributed by atoms with E-state index in [4.69, 9.17) is 9.47 Å². The van der Waals surface area contributed by atoms with E-state index < -0.39 is 12.0 Å². The minimum absolute atomic E-state index is 0.131. The SMILES string of the molecule is COc1ccc(CNC(=O)c2cccc(CSc3ccccc3NC(CC=O)C(=O)O)c2)c(OC)c1. The Balaban J connectivity index is 1.64. The number of carboxylic acid groups (broad SMARTS) is 1. The molecule has 0 radical (unpaired) electrons. The van der Waals surface area contributed by atoms with Gasteiger partial charge in [0.25, 0.3) is 5.91 Å². The van der Waals surface area contributed by atoms with Crippen LogP contribution in [0.3, 0.4) is 0 Å². The molecule has 0 aliphatic heterocycles. The summed E-state index contributed by atoms with van der Waals surface area (Å²) in [6.07, 6.45) is 0.455. The number of benzene rings is 3. The molecule has 3 N–H and O–H groups in total. The van der Waals surface area contributed by atoms with Crippen molar-refractivity contribution in [2.75, 3.05) is 19.5 Å². The molecule has 1 unspecified atom stereocenters. The highest BCUT2D eigenvalue weighted by Gasteiger charge is 2.18. The number of carbonyl (C=O) groups excluding carboxylic acids is 2. The molecule has 0 bridgehead atoms. The van der Waals surface area contributed by atoms with Crippen LogP contribution in [0.1, 0.15) is 27.9 Å². The number of hydrogen-bond acceptors (Lipinski definition) is 7. The number of anilines is 1. The molecule has 0 heterocycles. The third kappa shape index (κ3) is 7.26. The van der Waals surface area contributed by atoms with E-state index in [1.165, 1.54) is 11.8 Å². The van der Waals surface area contributed by atoms with Gasteiger partial charge in [-0.05, 0) is 42.0 Å². The van der Waals surface area contributed by atoms with Crippen LogP contribution in [0.4, 0.5) is 5.69 Å². The highest BCUT2D eigenvalue weighted by molar-refractivity contribution is 7.98. The second kappa shape index (κ2) is 13.2. The number of nitrogens with one attached hydrogen (secondary N) is 2. The lowest BCUT2D eigenvalue weighted by Crippen LogP contribution is -2.29. The van der Waals surface area contributed by atoms with Crippen molar-refractivity contribution in [3.63, 3.8) is 0 Å². The van der Waals surface area contributed by atoms with E-state index in [0.29, 0.717) is 41.3 Å². The molecule has 3 aromatic carbocycles. The van der Waals surface area contributed by atoms with Gasteiger partial charge < -0.3 is 30.0 Å². The summed E-state index contributed by atoms with van der Waals surface area (Å²) >= 11 is 1.51. The van der Waals surface area contributed by atoms with Crippen LogP contribution in [0.2, 0.25) is 0 Å². The van der Waals surface area contributed by atoms with E-state index in [1.54, 1.807) is 38.5 Å². The Morgan fingerprint density at radius 2 is 1.83 bits per heavy atom. The Labute approximate surface area is 214 Å². The predicted octanol–water partition coefficient (Wildman–Crippen LogP) is 4.38. The molecule has 0 saturated carbocycles. The van der Waals surface area contributed by atoms with Gasteiger partial charge in [-0.1, -0.05) is 24.3 Å². The maximum absolute atomic E-state index is 12.8. The zero-order valence-corrected chi connectivity index (χ0v) is 20.8. The minimum atomic E-state index is -1.09. The Bertz CT molecular complexity index is 1220. The van der Waals surface area contributed by atoms with Gasteiger partial charge in [-0.25, -0.2) is 4.79 Å². The number of amides is 1. The topological polar surface area (TPSA) is 114 Å². The fourth-order valence-electron chi connectivity index (χ4n) is 3.46. The summed E-state index contributed by atoms with van der Waals surface area (Å²) < 4.78 is 10.6. The number of aliphatic carboxylic acids is 1. The smallest absolute Gasteiger partial charge is 0.326 e. The quantitative estimate of drug-likeness (QED) is 0.230. The van der Waals surface area contributed by atoms with Crippen molar-refractivity contribution in [1.82, 2.24) is 5.32 Å². The Morgan fingerprint density at radius 3 is 2.56 bits per heavy atom. The Kier molecular flexibility index (Phi) is 9.76. The normalized spacial score (nSPS) is 11.3. The fraction of sp³-hybridized carbons (Fsp3) is 0.222. The molecule has 3 rings (SSSR count). The van der Waals surface area contributed by atoms with Crippen LogP contribution in [0.25, 0.3) is 0 Å². The number of rotatable bonds is 13. The van der Waals surface area contributed by atoms with Crippen LogP contribution < -0.4 is 20.1 Å². The first-order valence-corrected chi connectivity index (χ1v) is 12.2. The largest absolute Gasteiger partial charge is 0.497 e. The number of carboxylic acids is 1. The van der Waals surface area contributed by atoms with Crippen molar-refractivity contribution in [3.8, 4) is 11.5 Å². The summed E-state index contributed by atoms with van der Waals surface area (Å²) in [5.74, 6) is 0.571. The zero-order valence-electron chi connectivity index (χ0n) is 20.0. The fourth-order valence-corrected chi connectivity index (χ4v) is 4.42. The van der Waals surface area contributed by atoms with Gasteiger partial charge >= 0.3 is 5.97 Å². The van der Waals surface area contributed by atoms with Crippen LogP contribution in [-0.4, -0.2) is 43.5 Å². The van der Waals surface area contributed by atoms with Gasteiger partial charge in [0.2, 0.25) is 0 Å². The maximum atomic E-state index is 12.8. The number of thioether (sulfide) groups is 1. The monoisotopic (exact) mass is 508 g/mol. The van der Waals surface area contributed by atoms with E-state index in [0.717, 1.165) is 16.0 Å². The molecule has 9 heteroatoms. The third-order valence-electron chi connectivity index (χ3n) is 5.36. The molecular weight excluding hydrogens is 480 g/mol. The molecule has 8 nitrogen and oxygen atoms in total. The second-order valence-electron chi connectivity index (χ2n) is 7.78. The summed E-state index contributed by atoms with van der Waals surface area (Å²) in [4.78, 5) is 35.9. The van der Waals surface area contributed by atoms with Crippen LogP contribution in [0.15, 0.2) is 71.6 Å². The van der Waals surface area contributed by atoms with E-state index in [-0.39, 0.29) is 12.3 Å². The number of ether oxygens (including phenoxy) is 2. The predicted molar refractivity (Wildman–Crippen MR) is 139 cm³/mol. The maximum Gasteiger partial charge on any atom is 0.326 e. The van der Waals surface area contributed by atoms with Gasteiger partial charge in [0.05, 0.1) is 14.2 Å². The van der Waals surface area contributed by atoms with Crippen LogP contribution in [-0.2, 0) is 21.9 Å². The van der Waals surface area contributed by atoms with E-state index >= 15 is 0 Å². The number of hydrogen-bond donors (Lipinski definition) is 3. The Morgan fingerprint density at radius 1 is 1.03 bits per heavy atom. The first-order valence-electron chi connectivity index (χ1n) is 11.2. The number of para-hydroxylation sites is 1. The lowest BCUT2D eigenvalue weighted by Gasteiger charge is -2.16. The van der Waals surface area contributed by atoms with Gasteiger partial charge in [0.1, 0.15) is 23.8 Å². The van der Waals surface area contributed by atoms with Gasteiger partial charge in [-0.3, -0.25) is 4.79 Å². The summed E-state index contributed by atoms with van der Waals surface area (Å²) in [7, 11) is 3.15. The van der Waals surface area contributed by atoms with Crippen molar-refractivity contribution in [2.24, 2.45) is 0 Å². The Hall–Kier alpha value is -3.98. The molecule has 0 fully saturated rings. The molecule has 0 saturated heterocycles. The van der Waals surface area contributed by atoms with Crippen molar-refractivity contribution >= 4 is 35.6 Å². The van der Waals surface area contributed by atoms with Crippen molar-refractivity contribution in [2.45, 2.75) is 29.7 Å². The van der Waals surface area contributed by atoms with Crippen molar-refractivity contribution < 1.29 is 29.0 Å².